The van der Waals surface area contributed by atoms with Crippen molar-refractivity contribution in [3.8, 4) is 0 Å². The van der Waals surface area contributed by atoms with Crippen LogP contribution in [-0.2, 0) is 0 Å². The van der Waals surface area contributed by atoms with E-state index >= 15 is 0 Å². The van der Waals surface area contributed by atoms with Crippen LogP contribution in [0.15, 0.2) is 17.5 Å². The number of thiophene rings is 1. The Hall–Kier alpha value is -0.380. The molecule has 0 bridgehead atoms. The van der Waals surface area contributed by atoms with Gasteiger partial charge in [-0.05, 0) is 50.7 Å². The quantitative estimate of drug-likeness (QED) is 0.865. The first-order valence-corrected chi connectivity index (χ1v) is 7.70. The molecule has 17 heavy (non-hydrogen) atoms. The van der Waals surface area contributed by atoms with Crippen molar-refractivity contribution in [1.82, 2.24) is 10.2 Å². The van der Waals surface area contributed by atoms with E-state index in [9.17, 15) is 0 Å². The van der Waals surface area contributed by atoms with Crippen molar-refractivity contribution in [3.63, 3.8) is 0 Å². The van der Waals surface area contributed by atoms with Gasteiger partial charge in [-0.3, -0.25) is 4.90 Å². The molecule has 2 heterocycles. The van der Waals surface area contributed by atoms with Crippen molar-refractivity contribution >= 4 is 11.3 Å². The lowest BCUT2D eigenvalue weighted by atomic mass is 10.0. The van der Waals surface area contributed by atoms with Gasteiger partial charge in [0.15, 0.2) is 0 Å². The van der Waals surface area contributed by atoms with Crippen molar-refractivity contribution in [1.29, 1.82) is 0 Å². The van der Waals surface area contributed by atoms with Crippen LogP contribution in [0.25, 0.3) is 0 Å². The fourth-order valence-corrected chi connectivity index (χ4v) is 3.56. The van der Waals surface area contributed by atoms with E-state index in [2.05, 4.69) is 41.6 Å². The summed E-state index contributed by atoms with van der Waals surface area (Å²) >= 11 is 1.89. The van der Waals surface area contributed by atoms with Crippen LogP contribution < -0.4 is 5.32 Å². The minimum absolute atomic E-state index is 0.569. The summed E-state index contributed by atoms with van der Waals surface area (Å²) in [5.74, 6) is 0. The van der Waals surface area contributed by atoms with E-state index in [0.717, 1.165) is 12.6 Å². The zero-order valence-corrected chi connectivity index (χ0v) is 11.8. The summed E-state index contributed by atoms with van der Waals surface area (Å²) in [6.07, 6.45) is 3.91. The van der Waals surface area contributed by atoms with E-state index < -0.39 is 0 Å². The maximum atomic E-state index is 3.54. The van der Waals surface area contributed by atoms with Crippen molar-refractivity contribution in [2.75, 3.05) is 19.6 Å². The van der Waals surface area contributed by atoms with Gasteiger partial charge in [-0.1, -0.05) is 13.0 Å². The smallest absolute Gasteiger partial charge is 0.0416 e. The first-order valence-electron chi connectivity index (χ1n) is 6.82. The third-order valence-corrected chi connectivity index (χ3v) is 4.72. The number of hydrogen-bond donors (Lipinski definition) is 1. The van der Waals surface area contributed by atoms with E-state index in [1.165, 1.54) is 37.2 Å². The maximum Gasteiger partial charge on any atom is 0.0416 e. The molecule has 1 aromatic rings. The van der Waals surface area contributed by atoms with Crippen molar-refractivity contribution in [3.05, 3.63) is 22.4 Å². The van der Waals surface area contributed by atoms with Gasteiger partial charge in [-0.2, -0.15) is 0 Å². The van der Waals surface area contributed by atoms with Crippen LogP contribution in [0.5, 0.6) is 0 Å². The minimum atomic E-state index is 0.569. The summed E-state index contributed by atoms with van der Waals surface area (Å²) in [5, 5.41) is 5.73. The molecule has 1 aliphatic rings. The van der Waals surface area contributed by atoms with Gasteiger partial charge in [-0.15, -0.1) is 11.3 Å². The second kappa shape index (κ2) is 6.53. The zero-order chi connectivity index (χ0) is 12.1. The maximum absolute atomic E-state index is 3.54. The van der Waals surface area contributed by atoms with Crippen molar-refractivity contribution < 1.29 is 0 Å². The highest BCUT2D eigenvalue weighted by atomic mass is 32.1. The van der Waals surface area contributed by atoms with Crippen LogP contribution in [0.4, 0.5) is 0 Å². The Labute approximate surface area is 109 Å². The molecule has 0 aliphatic carbocycles. The third-order valence-electron chi connectivity index (χ3n) is 3.67. The van der Waals surface area contributed by atoms with Gasteiger partial charge in [0.1, 0.15) is 0 Å². The van der Waals surface area contributed by atoms with E-state index in [1.807, 2.05) is 11.3 Å². The van der Waals surface area contributed by atoms with Crippen LogP contribution in [0.1, 0.15) is 44.0 Å². The molecule has 1 aliphatic heterocycles. The topological polar surface area (TPSA) is 15.3 Å². The van der Waals surface area contributed by atoms with Gasteiger partial charge in [0, 0.05) is 23.5 Å². The Bertz CT molecular complexity index is 304. The minimum Gasteiger partial charge on any atom is -0.315 e. The van der Waals surface area contributed by atoms with Gasteiger partial charge < -0.3 is 5.32 Å². The highest BCUT2D eigenvalue weighted by Crippen LogP contribution is 2.28. The predicted octanol–water partition coefficient (Wildman–Crippen LogP) is 3.27. The number of nitrogens with one attached hydrogen (secondary N) is 1. The Morgan fingerprint density at radius 2 is 2.47 bits per heavy atom. The lowest BCUT2D eigenvalue weighted by molar-refractivity contribution is 0.122. The van der Waals surface area contributed by atoms with Crippen LogP contribution in [-0.4, -0.2) is 30.6 Å². The molecule has 1 aromatic heterocycles. The van der Waals surface area contributed by atoms with Crippen LogP contribution in [0.2, 0.25) is 0 Å². The summed E-state index contributed by atoms with van der Waals surface area (Å²) in [6, 6.07) is 5.73. The molecule has 1 N–H and O–H groups in total. The fourth-order valence-electron chi connectivity index (χ4n) is 2.76. The molecule has 1 saturated heterocycles. The van der Waals surface area contributed by atoms with E-state index in [1.54, 1.807) is 0 Å². The zero-order valence-electron chi connectivity index (χ0n) is 11.0. The fraction of sp³-hybridized carbons (Fsp3) is 0.714. The normalized spacial score (nSPS) is 22.9. The van der Waals surface area contributed by atoms with Crippen LogP contribution in [0.3, 0.4) is 0 Å². The molecular formula is C14H24N2S. The molecule has 0 radical (unpaired) electrons. The Kier molecular flexibility index (Phi) is 5.01. The summed E-state index contributed by atoms with van der Waals surface area (Å²) in [6.45, 7) is 8.21. The molecule has 2 atom stereocenters. The standard InChI is InChI=1S/C14H24N2S/c1-3-9-16(13-6-4-8-15-11-13)12(2)14-7-5-10-17-14/h5,7,10,12-13,15H,3-4,6,8-9,11H2,1-2H3. The average Bonchev–Trinajstić information content (AvgIpc) is 2.90. The average molecular weight is 252 g/mol. The largest absolute Gasteiger partial charge is 0.315 e. The van der Waals surface area contributed by atoms with Gasteiger partial charge in [0.25, 0.3) is 0 Å². The number of rotatable bonds is 5. The number of piperidine rings is 1. The molecule has 0 aromatic carbocycles. The lowest BCUT2D eigenvalue weighted by Gasteiger charge is -2.38. The SMILES string of the molecule is CCCN(C1CCCNC1)C(C)c1cccs1. The second-order valence-corrected chi connectivity index (χ2v) is 5.91. The summed E-state index contributed by atoms with van der Waals surface area (Å²) < 4.78 is 0. The molecule has 2 nitrogen and oxygen atoms in total. The summed E-state index contributed by atoms with van der Waals surface area (Å²) in [7, 11) is 0. The number of hydrogen-bond acceptors (Lipinski definition) is 3. The molecule has 0 spiro atoms. The van der Waals surface area contributed by atoms with Crippen molar-refractivity contribution in [2.24, 2.45) is 0 Å². The van der Waals surface area contributed by atoms with Crippen molar-refractivity contribution in [2.45, 2.75) is 45.2 Å². The van der Waals surface area contributed by atoms with E-state index in [0.29, 0.717) is 6.04 Å². The molecule has 3 heteroatoms. The van der Waals surface area contributed by atoms with Gasteiger partial charge >= 0.3 is 0 Å². The first kappa shape index (κ1) is 13.1. The summed E-state index contributed by atoms with van der Waals surface area (Å²) in [5.41, 5.74) is 0. The Morgan fingerprint density at radius 1 is 1.59 bits per heavy atom. The molecule has 2 rings (SSSR count). The Morgan fingerprint density at radius 3 is 3.06 bits per heavy atom. The third kappa shape index (κ3) is 3.30. The van der Waals surface area contributed by atoms with Gasteiger partial charge in [-0.25, -0.2) is 0 Å². The molecule has 96 valence electrons. The highest BCUT2D eigenvalue weighted by Gasteiger charge is 2.25. The van der Waals surface area contributed by atoms with Crippen LogP contribution in [0, 0.1) is 0 Å². The summed E-state index contributed by atoms with van der Waals surface area (Å²) in [4.78, 5) is 4.20. The molecule has 0 saturated carbocycles. The first-order chi connectivity index (χ1) is 8.33. The highest BCUT2D eigenvalue weighted by molar-refractivity contribution is 7.10. The van der Waals surface area contributed by atoms with Crippen LogP contribution >= 0.6 is 11.3 Å². The lowest BCUT2D eigenvalue weighted by Crippen LogP contribution is -2.47. The predicted molar refractivity (Wildman–Crippen MR) is 75.6 cm³/mol. The van der Waals surface area contributed by atoms with E-state index in [-0.39, 0.29) is 0 Å². The van der Waals surface area contributed by atoms with Gasteiger partial charge in [0.2, 0.25) is 0 Å². The molecular weight excluding hydrogens is 228 g/mol. The monoisotopic (exact) mass is 252 g/mol. The second-order valence-electron chi connectivity index (χ2n) is 4.93. The molecule has 1 fully saturated rings. The molecule has 2 unspecified atom stereocenters. The van der Waals surface area contributed by atoms with E-state index in [4.69, 9.17) is 0 Å². The number of nitrogens with zero attached hydrogens (tertiary/aromatic N) is 1. The van der Waals surface area contributed by atoms with Gasteiger partial charge in [0.05, 0.1) is 0 Å². The Balaban J connectivity index is 2.04. The molecule has 0 amide bonds.